The molecule has 19 heavy (non-hydrogen) atoms. The predicted molar refractivity (Wildman–Crippen MR) is 70.0 cm³/mol. The van der Waals surface area contributed by atoms with Crippen molar-refractivity contribution < 1.29 is 19.4 Å². The molecule has 2 N–H and O–H groups in total. The highest BCUT2D eigenvalue weighted by Gasteiger charge is 2.27. The Morgan fingerprint density at radius 3 is 3.11 bits per heavy atom. The van der Waals surface area contributed by atoms with Crippen molar-refractivity contribution in [2.75, 3.05) is 26.2 Å². The van der Waals surface area contributed by atoms with Crippen LogP contribution in [0, 0.1) is 0 Å². The first-order valence-electron chi connectivity index (χ1n) is 6.01. The van der Waals surface area contributed by atoms with Gasteiger partial charge in [-0.15, -0.1) is 11.3 Å². The van der Waals surface area contributed by atoms with Gasteiger partial charge in [0.1, 0.15) is 0 Å². The van der Waals surface area contributed by atoms with Gasteiger partial charge in [-0.2, -0.15) is 0 Å². The maximum atomic E-state index is 11.7. The van der Waals surface area contributed by atoms with Crippen LogP contribution in [0.4, 0.5) is 0 Å². The number of hydrogen-bond acceptors (Lipinski definition) is 5. The predicted octanol–water partition coefficient (Wildman–Crippen LogP) is 0.150. The lowest BCUT2D eigenvalue weighted by atomic mass is 10.2. The van der Waals surface area contributed by atoms with Gasteiger partial charge >= 0.3 is 5.97 Å². The first-order chi connectivity index (χ1) is 9.15. The monoisotopic (exact) mass is 284 g/mol. The van der Waals surface area contributed by atoms with Crippen LogP contribution in [0.5, 0.6) is 0 Å². The van der Waals surface area contributed by atoms with Crippen molar-refractivity contribution in [3.8, 4) is 0 Å². The smallest absolute Gasteiger partial charge is 0.334 e. The number of thiophene rings is 1. The quantitative estimate of drug-likeness (QED) is 0.804. The van der Waals surface area contributed by atoms with Crippen molar-refractivity contribution >= 4 is 23.2 Å². The van der Waals surface area contributed by atoms with Crippen molar-refractivity contribution in [1.82, 2.24) is 10.2 Å². The lowest BCUT2D eigenvalue weighted by Gasteiger charge is -2.30. The van der Waals surface area contributed by atoms with Crippen molar-refractivity contribution in [1.29, 1.82) is 0 Å². The number of carboxylic acid groups (broad SMARTS) is 1. The van der Waals surface area contributed by atoms with E-state index in [1.165, 1.54) is 0 Å². The minimum atomic E-state index is -0.983. The summed E-state index contributed by atoms with van der Waals surface area (Å²) in [5.41, 5.74) is 0. The molecule has 1 aliphatic rings. The minimum Gasteiger partial charge on any atom is -0.479 e. The number of carbonyl (C=O) groups excluding carboxylic acids is 1. The number of aliphatic carboxylic acids is 1. The first kappa shape index (κ1) is 14.0. The lowest BCUT2D eigenvalue weighted by Crippen LogP contribution is -2.49. The summed E-state index contributed by atoms with van der Waals surface area (Å²) in [6, 6.07) is 3.89. The van der Waals surface area contributed by atoms with Crippen LogP contribution in [0.15, 0.2) is 17.5 Å². The number of carboxylic acids is 1. The second-order valence-electron chi connectivity index (χ2n) is 4.29. The number of nitrogens with one attached hydrogen (secondary N) is 1. The molecule has 1 aliphatic heterocycles. The van der Waals surface area contributed by atoms with E-state index >= 15 is 0 Å². The molecule has 2 heterocycles. The van der Waals surface area contributed by atoms with E-state index in [0.717, 1.165) is 4.88 Å². The number of carbonyl (C=O) groups is 2. The number of nitrogens with zero attached hydrogens (tertiary/aromatic N) is 1. The Kier molecular flexibility index (Phi) is 4.89. The second kappa shape index (κ2) is 6.65. The van der Waals surface area contributed by atoms with Gasteiger partial charge in [-0.05, 0) is 11.4 Å². The van der Waals surface area contributed by atoms with Crippen LogP contribution < -0.4 is 5.32 Å². The van der Waals surface area contributed by atoms with Gasteiger partial charge in [0.25, 0.3) is 0 Å². The van der Waals surface area contributed by atoms with Crippen LogP contribution in [-0.2, 0) is 20.9 Å². The second-order valence-corrected chi connectivity index (χ2v) is 5.32. The van der Waals surface area contributed by atoms with Crippen LogP contribution in [0.25, 0.3) is 0 Å². The van der Waals surface area contributed by atoms with Gasteiger partial charge in [-0.1, -0.05) is 6.07 Å². The molecule has 1 saturated heterocycles. The third kappa shape index (κ3) is 4.30. The van der Waals surface area contributed by atoms with Crippen molar-refractivity contribution in [3.63, 3.8) is 0 Å². The average molecular weight is 284 g/mol. The van der Waals surface area contributed by atoms with E-state index in [1.54, 1.807) is 16.2 Å². The number of amides is 1. The number of morpholine rings is 1. The van der Waals surface area contributed by atoms with E-state index in [9.17, 15) is 9.59 Å². The Labute approximate surface area is 115 Å². The van der Waals surface area contributed by atoms with Gasteiger partial charge in [-0.3, -0.25) is 9.69 Å². The molecular formula is C12H16N2O4S. The number of ether oxygens (including phenoxy) is 1. The van der Waals surface area contributed by atoms with Gasteiger partial charge < -0.3 is 15.2 Å². The molecular weight excluding hydrogens is 268 g/mol. The van der Waals surface area contributed by atoms with Crippen molar-refractivity contribution in [3.05, 3.63) is 22.4 Å². The van der Waals surface area contributed by atoms with Gasteiger partial charge in [0, 0.05) is 18.0 Å². The van der Waals surface area contributed by atoms with Gasteiger partial charge in [0.15, 0.2) is 6.10 Å². The third-order valence-corrected chi connectivity index (χ3v) is 3.71. The maximum Gasteiger partial charge on any atom is 0.334 e. The van der Waals surface area contributed by atoms with Crippen LogP contribution in [0.2, 0.25) is 0 Å². The van der Waals surface area contributed by atoms with Crippen LogP contribution in [-0.4, -0.2) is 54.2 Å². The standard InChI is InChI=1S/C12H16N2O4S/c15-11(13-6-9-2-1-5-19-9)8-14-3-4-18-10(7-14)12(16)17/h1-2,5,10H,3-4,6-8H2,(H,13,15)(H,16,17). The molecule has 6 nitrogen and oxygen atoms in total. The Balaban J connectivity index is 1.74. The Hall–Kier alpha value is -1.44. The van der Waals surface area contributed by atoms with Gasteiger partial charge in [0.2, 0.25) is 5.91 Å². The fourth-order valence-corrected chi connectivity index (χ4v) is 2.50. The van der Waals surface area contributed by atoms with E-state index < -0.39 is 12.1 Å². The molecule has 1 fully saturated rings. The summed E-state index contributed by atoms with van der Waals surface area (Å²) in [4.78, 5) is 25.5. The highest BCUT2D eigenvalue weighted by molar-refractivity contribution is 7.09. The van der Waals surface area contributed by atoms with E-state index in [-0.39, 0.29) is 19.0 Å². The maximum absolute atomic E-state index is 11.7. The molecule has 104 valence electrons. The van der Waals surface area contributed by atoms with E-state index in [4.69, 9.17) is 9.84 Å². The largest absolute Gasteiger partial charge is 0.479 e. The third-order valence-electron chi connectivity index (χ3n) is 2.83. The zero-order chi connectivity index (χ0) is 13.7. The zero-order valence-electron chi connectivity index (χ0n) is 10.4. The molecule has 1 amide bonds. The highest BCUT2D eigenvalue weighted by atomic mass is 32.1. The van der Waals surface area contributed by atoms with Crippen LogP contribution in [0.1, 0.15) is 4.88 Å². The minimum absolute atomic E-state index is 0.0977. The summed E-state index contributed by atoms with van der Waals surface area (Å²) in [5.74, 6) is -1.08. The zero-order valence-corrected chi connectivity index (χ0v) is 11.2. The summed E-state index contributed by atoms with van der Waals surface area (Å²) in [7, 11) is 0. The molecule has 2 rings (SSSR count). The van der Waals surface area contributed by atoms with Crippen molar-refractivity contribution in [2.24, 2.45) is 0 Å². The first-order valence-corrected chi connectivity index (χ1v) is 6.89. The molecule has 0 aromatic carbocycles. The lowest BCUT2D eigenvalue weighted by molar-refractivity contribution is -0.156. The topological polar surface area (TPSA) is 78.9 Å². The summed E-state index contributed by atoms with van der Waals surface area (Å²) < 4.78 is 5.10. The molecule has 0 aliphatic carbocycles. The van der Waals surface area contributed by atoms with E-state index in [1.807, 2.05) is 17.5 Å². The summed E-state index contributed by atoms with van der Waals surface area (Å²) in [6.07, 6.45) is -0.834. The Morgan fingerprint density at radius 1 is 1.58 bits per heavy atom. The summed E-state index contributed by atoms with van der Waals surface area (Å²) in [6.45, 7) is 1.90. The molecule has 0 spiro atoms. The average Bonchev–Trinajstić information content (AvgIpc) is 2.90. The van der Waals surface area contributed by atoms with E-state index in [2.05, 4.69) is 5.32 Å². The molecule has 7 heteroatoms. The van der Waals surface area contributed by atoms with Gasteiger partial charge in [-0.25, -0.2) is 4.79 Å². The number of rotatable bonds is 5. The fourth-order valence-electron chi connectivity index (χ4n) is 1.85. The Morgan fingerprint density at radius 2 is 2.42 bits per heavy atom. The van der Waals surface area contributed by atoms with Crippen LogP contribution in [0.3, 0.4) is 0 Å². The van der Waals surface area contributed by atoms with E-state index in [0.29, 0.717) is 19.7 Å². The highest BCUT2D eigenvalue weighted by Crippen LogP contribution is 2.08. The SMILES string of the molecule is O=C(CN1CCOC(C(=O)O)C1)NCc1cccs1. The molecule has 0 saturated carbocycles. The van der Waals surface area contributed by atoms with Crippen LogP contribution >= 0.6 is 11.3 Å². The Bertz CT molecular complexity index is 435. The van der Waals surface area contributed by atoms with Gasteiger partial charge in [0.05, 0.1) is 19.7 Å². The fraction of sp³-hybridized carbons (Fsp3) is 0.500. The molecule has 1 unspecified atom stereocenters. The summed E-state index contributed by atoms with van der Waals surface area (Å²) >= 11 is 1.59. The molecule has 1 atom stereocenters. The molecule has 1 aromatic heterocycles. The summed E-state index contributed by atoms with van der Waals surface area (Å²) in [5, 5.41) is 13.6. The molecule has 0 radical (unpaired) electrons. The normalized spacial score (nSPS) is 20.1. The molecule has 1 aromatic rings. The number of hydrogen-bond donors (Lipinski definition) is 2. The van der Waals surface area contributed by atoms with Crippen molar-refractivity contribution in [2.45, 2.75) is 12.6 Å². The molecule has 0 bridgehead atoms.